The number of carboxylic acids is 1. The monoisotopic (exact) mass is 174 g/mol. The van der Waals surface area contributed by atoms with Gasteiger partial charge in [0.2, 0.25) is 0 Å². The molecule has 1 rings (SSSR count). The molecule has 1 heterocycles. The molecule has 0 saturated heterocycles. The van der Waals surface area contributed by atoms with Crippen LogP contribution in [0.15, 0.2) is 30.6 Å². The number of carbonyl (C=O) groups is 1. The van der Waals surface area contributed by atoms with Gasteiger partial charge in [-0.05, 0) is 6.92 Å². The Kier molecular flexibility index (Phi) is 10.2. The van der Waals surface area contributed by atoms with E-state index in [9.17, 15) is 0 Å². The van der Waals surface area contributed by atoms with Gasteiger partial charge in [0.25, 0.3) is 0 Å². The fourth-order valence-corrected chi connectivity index (χ4v) is 0.342. The average Bonchev–Trinajstić information content (AvgIpc) is 1.90. The zero-order valence-electron chi connectivity index (χ0n) is 6.08. The second-order valence-electron chi connectivity index (χ2n) is 1.57. The summed E-state index contributed by atoms with van der Waals surface area (Å²) in [5.74, 6) is -1.08. The summed E-state index contributed by atoms with van der Waals surface area (Å²) in [5, 5.41) is 8.89. The number of hydrogen-bond donors (Lipinski definition) is 0. The van der Waals surface area contributed by atoms with E-state index in [1.807, 2.05) is 30.6 Å². The van der Waals surface area contributed by atoms with Crippen LogP contribution in [0.3, 0.4) is 0 Å². The van der Waals surface area contributed by atoms with Gasteiger partial charge in [-0.15, -0.1) is 0 Å². The quantitative estimate of drug-likeness (QED) is 0.406. The Balaban J connectivity index is 0. The number of H-pyrrole nitrogens is 1. The van der Waals surface area contributed by atoms with Crippen molar-refractivity contribution in [2.45, 2.75) is 6.92 Å². The molecule has 11 heavy (non-hydrogen) atoms. The topological polar surface area (TPSA) is 54.3 Å². The maximum atomic E-state index is 8.89. The van der Waals surface area contributed by atoms with Crippen LogP contribution in [0.25, 0.3) is 0 Å². The third-order valence-corrected chi connectivity index (χ3v) is 0.607. The molecule has 0 atom stereocenters. The first-order chi connectivity index (χ1) is 4.73. The van der Waals surface area contributed by atoms with E-state index in [4.69, 9.17) is 9.90 Å². The van der Waals surface area contributed by atoms with Crippen LogP contribution in [-0.4, -0.2) is 5.97 Å². The number of pyridine rings is 1. The lowest BCUT2D eigenvalue weighted by Crippen LogP contribution is -3.00. The summed E-state index contributed by atoms with van der Waals surface area (Å²) >= 11 is 0. The number of aromatic amines is 1. The van der Waals surface area contributed by atoms with E-state index >= 15 is 0 Å². The molecular weight excluding hydrogens is 166 g/mol. The lowest BCUT2D eigenvalue weighted by Gasteiger charge is -1.77. The Bertz CT molecular complexity index is 148. The molecule has 0 saturated carbocycles. The molecule has 1 aromatic rings. The van der Waals surface area contributed by atoms with Gasteiger partial charge >= 0.3 is 0 Å². The third-order valence-electron chi connectivity index (χ3n) is 0.607. The second-order valence-corrected chi connectivity index (χ2v) is 1.57. The number of carbonyl (C=O) groups excluding carboxylic acids is 1. The largest absolute Gasteiger partial charge is 1.00 e. The van der Waals surface area contributed by atoms with Gasteiger partial charge in [0, 0.05) is 18.1 Å². The second kappa shape index (κ2) is 8.91. The zero-order valence-corrected chi connectivity index (χ0v) is 6.84. The summed E-state index contributed by atoms with van der Waals surface area (Å²) in [7, 11) is 0. The summed E-state index contributed by atoms with van der Waals surface area (Å²) in [5.41, 5.74) is 0. The van der Waals surface area contributed by atoms with Crippen molar-refractivity contribution in [3.63, 3.8) is 0 Å². The number of aliphatic carboxylic acids is 1. The van der Waals surface area contributed by atoms with Gasteiger partial charge in [0.15, 0.2) is 12.4 Å². The predicted molar refractivity (Wildman–Crippen MR) is 33.7 cm³/mol. The first-order valence-corrected chi connectivity index (χ1v) is 2.82. The van der Waals surface area contributed by atoms with Crippen LogP contribution in [0.2, 0.25) is 0 Å². The van der Waals surface area contributed by atoms with Crippen molar-refractivity contribution in [1.82, 2.24) is 0 Å². The summed E-state index contributed by atoms with van der Waals surface area (Å²) < 4.78 is 0. The molecule has 0 fully saturated rings. The minimum atomic E-state index is -1.08. The van der Waals surface area contributed by atoms with Crippen LogP contribution >= 0.6 is 0 Å². The van der Waals surface area contributed by atoms with E-state index in [2.05, 4.69) is 4.98 Å². The van der Waals surface area contributed by atoms with E-state index < -0.39 is 5.97 Å². The molecule has 0 aromatic carbocycles. The zero-order chi connectivity index (χ0) is 7.82. The van der Waals surface area contributed by atoms with Crippen molar-refractivity contribution >= 4 is 5.97 Å². The molecule has 4 heteroatoms. The van der Waals surface area contributed by atoms with Crippen molar-refractivity contribution in [2.75, 3.05) is 0 Å². The first kappa shape index (κ1) is 12.6. The van der Waals surface area contributed by atoms with Crippen LogP contribution in [0.4, 0.5) is 0 Å². The Morgan fingerprint density at radius 1 is 1.27 bits per heavy atom. The molecule has 0 amide bonds. The molecule has 62 valence electrons. The third kappa shape index (κ3) is 17.6. The van der Waals surface area contributed by atoms with Crippen LogP contribution in [0.5, 0.6) is 0 Å². The molecule has 0 radical (unpaired) electrons. The summed E-state index contributed by atoms with van der Waals surface area (Å²) in [6.07, 6.45) is 3.75. The summed E-state index contributed by atoms with van der Waals surface area (Å²) in [6.45, 7) is 0.972. The standard InChI is InChI=1S/C5H5N.C2H4O2.ClH/c1-2-4-6-5-3-1;1-2(3)4;/h1-5H;1H3,(H,3,4);1H/p-1. The van der Waals surface area contributed by atoms with Crippen LogP contribution in [0, 0.1) is 0 Å². The number of carboxylic acid groups (broad SMARTS) is 1. The van der Waals surface area contributed by atoms with Crippen molar-refractivity contribution in [2.24, 2.45) is 0 Å². The maximum absolute atomic E-state index is 8.89. The lowest BCUT2D eigenvalue weighted by atomic mass is 10.5. The van der Waals surface area contributed by atoms with Gasteiger partial charge in [0.1, 0.15) is 0 Å². The fraction of sp³-hybridized carbons (Fsp3) is 0.143. The highest BCUT2D eigenvalue weighted by atomic mass is 35.5. The minimum absolute atomic E-state index is 0. The Morgan fingerprint density at radius 2 is 1.64 bits per heavy atom. The van der Waals surface area contributed by atoms with Gasteiger partial charge < -0.3 is 22.3 Å². The van der Waals surface area contributed by atoms with E-state index in [0.29, 0.717) is 0 Å². The molecule has 0 unspecified atom stereocenters. The highest BCUT2D eigenvalue weighted by Gasteiger charge is 1.65. The van der Waals surface area contributed by atoms with Gasteiger partial charge in [-0.2, -0.15) is 0 Å². The molecule has 0 aliphatic heterocycles. The molecular formula is C7H9ClNO2-. The molecule has 0 bridgehead atoms. The highest BCUT2D eigenvalue weighted by molar-refractivity contribution is 5.60. The number of aromatic nitrogens is 1. The van der Waals surface area contributed by atoms with Crippen molar-refractivity contribution in [1.29, 1.82) is 0 Å². The summed E-state index contributed by atoms with van der Waals surface area (Å²) in [6, 6.07) is 5.86. The van der Waals surface area contributed by atoms with Crippen LogP contribution < -0.4 is 22.5 Å². The average molecular weight is 175 g/mol. The first-order valence-electron chi connectivity index (χ1n) is 2.82. The summed E-state index contributed by atoms with van der Waals surface area (Å²) in [4.78, 5) is 11.8. The molecule has 0 aliphatic carbocycles. The van der Waals surface area contributed by atoms with Crippen molar-refractivity contribution < 1.29 is 27.3 Å². The van der Waals surface area contributed by atoms with Crippen LogP contribution in [-0.2, 0) is 4.79 Å². The molecule has 0 aliphatic rings. The normalized spacial score (nSPS) is 6.64. The molecule has 1 N–H and O–H groups in total. The van der Waals surface area contributed by atoms with Gasteiger partial charge in [0.05, 0.1) is 0 Å². The number of rotatable bonds is 0. The lowest BCUT2D eigenvalue weighted by molar-refractivity contribution is -0.378. The molecule has 3 nitrogen and oxygen atoms in total. The van der Waals surface area contributed by atoms with E-state index in [0.717, 1.165) is 6.92 Å². The Hall–Kier alpha value is -1.09. The van der Waals surface area contributed by atoms with E-state index in [1.165, 1.54) is 0 Å². The predicted octanol–water partition coefficient (Wildman–Crippen LogP) is -3.74. The van der Waals surface area contributed by atoms with Gasteiger partial charge in [-0.3, -0.25) is 0 Å². The number of nitrogens with one attached hydrogen (secondary N) is 1. The number of hydrogen-bond acceptors (Lipinski definition) is 2. The van der Waals surface area contributed by atoms with Gasteiger partial charge in [-0.25, -0.2) is 4.98 Å². The Morgan fingerprint density at radius 3 is 1.73 bits per heavy atom. The van der Waals surface area contributed by atoms with Crippen molar-refractivity contribution in [3.8, 4) is 0 Å². The maximum Gasteiger partial charge on any atom is 0.166 e. The number of halogens is 1. The van der Waals surface area contributed by atoms with E-state index in [-0.39, 0.29) is 12.4 Å². The van der Waals surface area contributed by atoms with Crippen LogP contribution in [0.1, 0.15) is 6.92 Å². The molecule has 0 spiro atoms. The van der Waals surface area contributed by atoms with Crippen molar-refractivity contribution in [3.05, 3.63) is 30.6 Å². The fourth-order valence-electron chi connectivity index (χ4n) is 0.342. The highest BCUT2D eigenvalue weighted by Crippen LogP contribution is 1.68. The SMILES string of the molecule is CC(=O)[O-].[Cl-].c1cc[nH+]cc1. The van der Waals surface area contributed by atoms with E-state index in [1.54, 1.807) is 0 Å². The molecule has 1 aromatic heterocycles. The Labute approximate surface area is 71.5 Å². The minimum Gasteiger partial charge on any atom is -1.00 e. The smallest absolute Gasteiger partial charge is 0.166 e. The van der Waals surface area contributed by atoms with Gasteiger partial charge in [-0.1, -0.05) is 6.07 Å².